The van der Waals surface area contributed by atoms with E-state index in [0.717, 1.165) is 22.5 Å². The van der Waals surface area contributed by atoms with Crippen LogP contribution in [-0.4, -0.2) is 27.7 Å². The Morgan fingerprint density at radius 2 is 2.18 bits per heavy atom. The number of benzene rings is 1. The van der Waals surface area contributed by atoms with Gasteiger partial charge in [-0.3, -0.25) is 4.79 Å². The minimum Gasteiger partial charge on any atom is -0.496 e. The number of carbonyl (C=O) groups is 1. The molecule has 0 saturated heterocycles. The number of aromatic nitrogens is 2. The first kappa shape index (κ1) is 16.7. The van der Waals surface area contributed by atoms with Crippen LogP contribution in [-0.2, 0) is 28.3 Å². The second-order valence-corrected chi connectivity index (χ2v) is 6.88. The van der Waals surface area contributed by atoms with Crippen LogP contribution in [0.2, 0.25) is 0 Å². The summed E-state index contributed by atoms with van der Waals surface area (Å²) in [5.41, 5.74) is 0.890. The van der Waals surface area contributed by atoms with Crippen LogP contribution in [0.3, 0.4) is 0 Å². The van der Waals surface area contributed by atoms with Gasteiger partial charge < -0.3 is 19.1 Å². The van der Waals surface area contributed by atoms with E-state index in [0.29, 0.717) is 23.7 Å². The van der Waals surface area contributed by atoms with E-state index in [1.165, 1.54) is 0 Å². The summed E-state index contributed by atoms with van der Waals surface area (Å²) in [6, 6.07) is 9.18. The number of fused-ring (bicyclic) bond motifs is 5. The number of hydrogen-bond donors (Lipinski definition) is 1. The average molecular weight is 376 g/mol. The Hall–Kier alpha value is -3.45. The molecule has 28 heavy (non-hydrogen) atoms. The highest BCUT2D eigenvalue weighted by atomic mass is 16.6. The van der Waals surface area contributed by atoms with Crippen LogP contribution in [0, 0.1) is 0 Å². The first-order chi connectivity index (χ1) is 13.5. The molecule has 1 N–H and O–H groups in total. The van der Waals surface area contributed by atoms with Gasteiger partial charge in [0.05, 0.1) is 36.1 Å². The summed E-state index contributed by atoms with van der Waals surface area (Å²) in [5, 5.41) is 11.6. The number of pyridine rings is 2. The maximum atomic E-state index is 13.1. The van der Waals surface area contributed by atoms with Crippen LogP contribution in [0.1, 0.15) is 16.7 Å². The lowest BCUT2D eigenvalue weighted by Gasteiger charge is -2.30. The smallest absolute Gasteiger partial charge is 0.347 e. The van der Waals surface area contributed by atoms with Crippen molar-refractivity contribution in [3.05, 3.63) is 70.0 Å². The van der Waals surface area contributed by atoms with Gasteiger partial charge in [0.2, 0.25) is 5.60 Å². The number of methoxy groups -OCH3 is 1. The van der Waals surface area contributed by atoms with Crippen molar-refractivity contribution >= 4 is 16.9 Å². The van der Waals surface area contributed by atoms with E-state index in [9.17, 15) is 14.7 Å². The number of hydrogen-bond acceptors (Lipinski definition) is 6. The lowest BCUT2D eigenvalue weighted by atomic mass is 9.88. The maximum absolute atomic E-state index is 13.1. The van der Waals surface area contributed by atoms with Gasteiger partial charge in [0.15, 0.2) is 0 Å². The SMILES string of the molecule is C=CC1(O)C(=O)OCc2c1cc1n(c2=O)Cc2cc3c(OC)cccc3nc2-1. The first-order valence-corrected chi connectivity index (χ1v) is 8.75. The number of rotatable bonds is 2. The number of nitrogens with zero attached hydrogens (tertiary/aromatic N) is 2. The van der Waals surface area contributed by atoms with Crippen molar-refractivity contribution in [3.63, 3.8) is 0 Å². The van der Waals surface area contributed by atoms with Crippen molar-refractivity contribution in [1.29, 1.82) is 0 Å². The fourth-order valence-corrected chi connectivity index (χ4v) is 3.97. The lowest BCUT2D eigenvalue weighted by Crippen LogP contribution is -2.43. The van der Waals surface area contributed by atoms with E-state index in [-0.39, 0.29) is 23.3 Å². The van der Waals surface area contributed by atoms with E-state index in [1.807, 2.05) is 24.3 Å². The van der Waals surface area contributed by atoms with Crippen LogP contribution >= 0.6 is 0 Å². The predicted octanol–water partition coefficient (Wildman–Crippen LogP) is 1.86. The largest absolute Gasteiger partial charge is 0.496 e. The van der Waals surface area contributed by atoms with Crippen LogP contribution in [0.5, 0.6) is 5.75 Å². The van der Waals surface area contributed by atoms with Crippen molar-refractivity contribution < 1.29 is 19.4 Å². The number of ether oxygens (including phenoxy) is 2. The summed E-state index contributed by atoms with van der Waals surface area (Å²) in [6.07, 6.45) is 1.10. The van der Waals surface area contributed by atoms with Gasteiger partial charge in [0.25, 0.3) is 5.56 Å². The molecule has 7 heteroatoms. The fourth-order valence-electron chi connectivity index (χ4n) is 3.97. The molecule has 3 aromatic rings. The van der Waals surface area contributed by atoms with Crippen molar-refractivity contribution in [2.75, 3.05) is 7.11 Å². The second kappa shape index (κ2) is 5.53. The van der Waals surface area contributed by atoms with E-state index < -0.39 is 11.6 Å². The van der Waals surface area contributed by atoms with E-state index in [1.54, 1.807) is 17.7 Å². The van der Waals surface area contributed by atoms with Crippen LogP contribution in [0.15, 0.2) is 47.8 Å². The topological polar surface area (TPSA) is 90.7 Å². The van der Waals surface area contributed by atoms with Crippen LogP contribution in [0.25, 0.3) is 22.3 Å². The minimum absolute atomic E-state index is 0.178. The number of aliphatic hydroxyl groups is 1. The summed E-state index contributed by atoms with van der Waals surface area (Å²) < 4.78 is 12.0. The van der Waals surface area contributed by atoms with Gasteiger partial charge in [-0.25, -0.2) is 9.78 Å². The molecule has 7 nitrogen and oxygen atoms in total. The summed E-state index contributed by atoms with van der Waals surface area (Å²) in [6.45, 7) is 3.71. The summed E-state index contributed by atoms with van der Waals surface area (Å²) in [4.78, 5) is 29.9. The number of esters is 1. The first-order valence-electron chi connectivity index (χ1n) is 8.75. The molecule has 0 radical (unpaired) electrons. The van der Waals surface area contributed by atoms with Gasteiger partial charge in [-0.15, -0.1) is 0 Å². The van der Waals surface area contributed by atoms with Gasteiger partial charge in [0.1, 0.15) is 12.4 Å². The molecule has 2 aliphatic heterocycles. The summed E-state index contributed by atoms with van der Waals surface area (Å²) >= 11 is 0. The molecule has 0 aliphatic carbocycles. The molecule has 0 fully saturated rings. The molecule has 0 bridgehead atoms. The molecule has 1 unspecified atom stereocenters. The minimum atomic E-state index is -2.05. The Morgan fingerprint density at radius 1 is 1.36 bits per heavy atom. The highest BCUT2D eigenvalue weighted by Gasteiger charge is 2.44. The normalized spacial score (nSPS) is 19.6. The molecule has 0 amide bonds. The zero-order valence-corrected chi connectivity index (χ0v) is 15.1. The Labute approximate surface area is 159 Å². The third kappa shape index (κ3) is 1.99. The van der Waals surface area contributed by atoms with E-state index in [4.69, 9.17) is 14.5 Å². The standard InChI is InChI=1S/C21H16N2O5/c1-3-21(26)14-8-16-18-11(7-12-15(22-18)5-4-6-17(12)27-2)9-23(16)19(24)13(14)10-28-20(21)25/h3-8,26H,1,9-10H2,2H3. The van der Waals surface area contributed by atoms with Crippen molar-refractivity contribution in [1.82, 2.24) is 9.55 Å². The molecule has 2 aliphatic rings. The molecule has 1 atom stereocenters. The van der Waals surface area contributed by atoms with Gasteiger partial charge in [-0.1, -0.05) is 12.6 Å². The quantitative estimate of drug-likeness (QED) is 0.424. The molecule has 1 aromatic carbocycles. The van der Waals surface area contributed by atoms with E-state index >= 15 is 0 Å². The van der Waals surface area contributed by atoms with Crippen molar-refractivity contribution in [2.45, 2.75) is 18.8 Å². The summed E-state index contributed by atoms with van der Waals surface area (Å²) in [7, 11) is 1.60. The zero-order valence-electron chi connectivity index (χ0n) is 15.1. The third-order valence-corrected chi connectivity index (χ3v) is 5.45. The monoisotopic (exact) mass is 376 g/mol. The molecule has 0 spiro atoms. The fraction of sp³-hybridized carbons (Fsp3) is 0.190. The van der Waals surface area contributed by atoms with Gasteiger partial charge >= 0.3 is 5.97 Å². The third-order valence-electron chi connectivity index (χ3n) is 5.45. The van der Waals surface area contributed by atoms with Crippen LogP contribution in [0.4, 0.5) is 0 Å². The van der Waals surface area contributed by atoms with Crippen molar-refractivity contribution in [3.8, 4) is 17.1 Å². The molecule has 5 rings (SSSR count). The van der Waals surface area contributed by atoms with Gasteiger partial charge in [-0.2, -0.15) is 0 Å². The molecule has 4 heterocycles. The van der Waals surface area contributed by atoms with Crippen molar-refractivity contribution in [2.24, 2.45) is 0 Å². The number of carbonyl (C=O) groups excluding carboxylic acids is 1. The Bertz CT molecular complexity index is 1260. The predicted molar refractivity (Wildman–Crippen MR) is 101 cm³/mol. The van der Waals surface area contributed by atoms with Gasteiger partial charge in [0, 0.05) is 16.5 Å². The molecule has 2 aromatic heterocycles. The maximum Gasteiger partial charge on any atom is 0.347 e. The highest BCUT2D eigenvalue weighted by molar-refractivity contribution is 5.90. The molecule has 140 valence electrons. The Kier molecular flexibility index (Phi) is 3.30. The highest BCUT2D eigenvalue weighted by Crippen LogP contribution is 2.38. The average Bonchev–Trinajstić information content (AvgIpc) is 3.07. The molecular weight excluding hydrogens is 360 g/mol. The second-order valence-electron chi connectivity index (χ2n) is 6.88. The summed E-state index contributed by atoms with van der Waals surface area (Å²) in [5.74, 6) is -0.135. The zero-order chi connectivity index (χ0) is 19.6. The lowest BCUT2D eigenvalue weighted by molar-refractivity contribution is -0.165. The number of cyclic esters (lactones) is 1. The van der Waals surface area contributed by atoms with Crippen LogP contribution < -0.4 is 10.3 Å². The van der Waals surface area contributed by atoms with E-state index in [2.05, 4.69) is 6.58 Å². The molecule has 0 saturated carbocycles. The van der Waals surface area contributed by atoms with Gasteiger partial charge in [-0.05, 0) is 30.3 Å². The Morgan fingerprint density at radius 3 is 2.93 bits per heavy atom. The Balaban J connectivity index is 1.80. The molecular formula is C21H16N2O5.